The quantitative estimate of drug-likeness (QED) is 0.368. The van der Waals surface area contributed by atoms with Crippen molar-refractivity contribution in [2.24, 2.45) is 0 Å². The van der Waals surface area contributed by atoms with Crippen molar-refractivity contribution in [3.05, 3.63) is 101 Å². The number of nitrogens with zero attached hydrogens (tertiary/aromatic N) is 1. The molecule has 1 atom stereocenters. The monoisotopic (exact) mass is 419 g/mol. The van der Waals surface area contributed by atoms with Crippen LogP contribution >= 0.6 is 11.6 Å². The van der Waals surface area contributed by atoms with Crippen molar-refractivity contribution in [3.63, 3.8) is 0 Å². The Morgan fingerprint density at radius 1 is 0.967 bits per heavy atom. The molecule has 1 N–H and O–H groups in total. The second kappa shape index (κ2) is 8.05. The van der Waals surface area contributed by atoms with Crippen LogP contribution in [0.4, 0.5) is 5.69 Å². The van der Waals surface area contributed by atoms with E-state index < -0.39 is 17.7 Å². The van der Waals surface area contributed by atoms with Gasteiger partial charge in [0, 0.05) is 22.3 Å². The molecule has 0 saturated carbocycles. The first-order valence-electron chi connectivity index (χ1n) is 9.27. The summed E-state index contributed by atoms with van der Waals surface area (Å²) in [4.78, 5) is 27.5. The molecular weight excluding hydrogens is 402 g/mol. The van der Waals surface area contributed by atoms with E-state index in [9.17, 15) is 14.7 Å². The normalized spacial score (nSPS) is 17.9. The lowest BCUT2D eigenvalue weighted by atomic mass is 9.95. The number of halogens is 1. The minimum Gasteiger partial charge on any atom is -0.507 e. The molecule has 1 heterocycles. The zero-order chi connectivity index (χ0) is 21.3. The Kier molecular flexibility index (Phi) is 5.29. The third kappa shape index (κ3) is 3.44. The number of anilines is 1. The molecule has 4 rings (SSSR count). The van der Waals surface area contributed by atoms with Crippen LogP contribution in [0.2, 0.25) is 5.02 Å². The van der Waals surface area contributed by atoms with Gasteiger partial charge in [0.2, 0.25) is 0 Å². The molecule has 0 bridgehead atoms. The van der Waals surface area contributed by atoms with E-state index in [0.29, 0.717) is 27.6 Å². The number of benzene rings is 3. The van der Waals surface area contributed by atoms with Crippen molar-refractivity contribution in [3.8, 4) is 5.75 Å². The molecule has 5 nitrogen and oxygen atoms in total. The summed E-state index contributed by atoms with van der Waals surface area (Å²) in [5, 5.41) is 11.5. The van der Waals surface area contributed by atoms with Gasteiger partial charge in [-0.3, -0.25) is 14.5 Å². The molecule has 0 spiro atoms. The molecule has 0 aliphatic carbocycles. The Bertz CT molecular complexity index is 1140. The summed E-state index contributed by atoms with van der Waals surface area (Å²) >= 11 is 6.04. The van der Waals surface area contributed by atoms with Gasteiger partial charge >= 0.3 is 0 Å². The molecule has 1 amide bonds. The smallest absolute Gasteiger partial charge is 0.300 e. The second-order valence-electron chi connectivity index (χ2n) is 6.79. The number of hydrogen-bond donors (Lipinski definition) is 1. The second-order valence-corrected chi connectivity index (χ2v) is 7.22. The van der Waals surface area contributed by atoms with Crippen LogP contribution in [0, 0.1) is 0 Å². The number of ether oxygens (including phenoxy) is 1. The Labute approximate surface area is 178 Å². The van der Waals surface area contributed by atoms with Crippen LogP contribution in [0.5, 0.6) is 5.75 Å². The van der Waals surface area contributed by atoms with Crippen LogP contribution < -0.4 is 9.64 Å². The highest BCUT2D eigenvalue weighted by atomic mass is 35.5. The molecule has 0 radical (unpaired) electrons. The number of carbonyl (C=O) groups excluding carboxylic acids is 2. The molecule has 0 aromatic heterocycles. The number of rotatable bonds is 4. The van der Waals surface area contributed by atoms with Crippen LogP contribution in [0.15, 0.2) is 84.4 Å². The zero-order valence-electron chi connectivity index (χ0n) is 16.1. The highest BCUT2D eigenvalue weighted by molar-refractivity contribution is 6.51. The van der Waals surface area contributed by atoms with E-state index in [1.807, 2.05) is 6.07 Å². The van der Waals surface area contributed by atoms with E-state index in [1.165, 1.54) is 12.0 Å². The van der Waals surface area contributed by atoms with Gasteiger partial charge in [-0.25, -0.2) is 0 Å². The van der Waals surface area contributed by atoms with E-state index in [2.05, 4.69) is 0 Å². The number of ketones is 1. The van der Waals surface area contributed by atoms with E-state index in [4.69, 9.17) is 16.3 Å². The van der Waals surface area contributed by atoms with E-state index in [-0.39, 0.29) is 11.3 Å². The maximum atomic E-state index is 13.1. The van der Waals surface area contributed by atoms with Crippen molar-refractivity contribution in [2.75, 3.05) is 12.0 Å². The van der Waals surface area contributed by atoms with Gasteiger partial charge in [-0.15, -0.1) is 0 Å². The summed E-state index contributed by atoms with van der Waals surface area (Å²) in [7, 11) is 1.53. The lowest BCUT2D eigenvalue weighted by Crippen LogP contribution is -2.29. The molecular formula is C24H18ClNO4. The van der Waals surface area contributed by atoms with E-state index >= 15 is 0 Å². The predicted octanol–water partition coefficient (Wildman–Crippen LogP) is 4.97. The summed E-state index contributed by atoms with van der Waals surface area (Å²) in [6, 6.07) is 21.6. The fourth-order valence-corrected chi connectivity index (χ4v) is 3.70. The Balaban J connectivity index is 1.94. The number of amides is 1. The number of methoxy groups -OCH3 is 1. The van der Waals surface area contributed by atoms with Crippen molar-refractivity contribution in [2.45, 2.75) is 6.04 Å². The van der Waals surface area contributed by atoms with Gasteiger partial charge in [-0.05, 0) is 29.8 Å². The summed E-state index contributed by atoms with van der Waals surface area (Å²) in [6.07, 6.45) is 0. The number of hydrogen-bond acceptors (Lipinski definition) is 4. The zero-order valence-corrected chi connectivity index (χ0v) is 16.8. The highest BCUT2D eigenvalue weighted by Gasteiger charge is 2.47. The van der Waals surface area contributed by atoms with Gasteiger partial charge in [0.25, 0.3) is 11.7 Å². The molecule has 1 saturated heterocycles. The Morgan fingerprint density at radius 3 is 2.33 bits per heavy atom. The summed E-state index contributed by atoms with van der Waals surface area (Å²) in [6.45, 7) is 0. The van der Waals surface area contributed by atoms with E-state index in [0.717, 1.165) is 0 Å². The topological polar surface area (TPSA) is 66.8 Å². The molecule has 0 unspecified atom stereocenters. The number of aliphatic hydroxyl groups excluding tert-OH is 1. The highest BCUT2D eigenvalue weighted by Crippen LogP contribution is 2.42. The minimum absolute atomic E-state index is 0.0244. The van der Waals surface area contributed by atoms with Crippen LogP contribution in [0.1, 0.15) is 17.2 Å². The van der Waals surface area contributed by atoms with Gasteiger partial charge in [0.15, 0.2) is 0 Å². The summed E-state index contributed by atoms with van der Waals surface area (Å²) in [5.41, 5.74) is 1.62. The maximum absolute atomic E-state index is 13.1. The molecule has 1 aliphatic heterocycles. The third-order valence-corrected chi connectivity index (χ3v) is 5.26. The SMILES string of the molecule is COc1cccc(N2C(=O)C(=O)C(=C(O)c3ccccc3)[C@H]2c2ccc(Cl)cc2)c1. The van der Waals surface area contributed by atoms with Crippen molar-refractivity contribution in [1.82, 2.24) is 0 Å². The van der Waals surface area contributed by atoms with Crippen LogP contribution in [-0.2, 0) is 9.59 Å². The lowest BCUT2D eigenvalue weighted by molar-refractivity contribution is -0.132. The fourth-order valence-electron chi connectivity index (χ4n) is 3.57. The van der Waals surface area contributed by atoms with Gasteiger partial charge in [0.1, 0.15) is 11.5 Å². The molecule has 3 aromatic rings. The largest absolute Gasteiger partial charge is 0.507 e. The number of carbonyl (C=O) groups is 2. The average molecular weight is 420 g/mol. The first kappa shape index (κ1) is 19.7. The average Bonchev–Trinajstić information content (AvgIpc) is 3.05. The maximum Gasteiger partial charge on any atom is 0.300 e. The van der Waals surface area contributed by atoms with Crippen molar-refractivity contribution < 1.29 is 19.4 Å². The fraction of sp³-hybridized carbons (Fsp3) is 0.0833. The minimum atomic E-state index is -0.811. The van der Waals surface area contributed by atoms with Gasteiger partial charge in [-0.2, -0.15) is 0 Å². The summed E-state index contributed by atoms with van der Waals surface area (Å²) < 4.78 is 5.28. The van der Waals surface area contributed by atoms with Gasteiger partial charge < -0.3 is 9.84 Å². The molecule has 6 heteroatoms. The predicted molar refractivity (Wildman–Crippen MR) is 116 cm³/mol. The molecule has 150 valence electrons. The molecule has 3 aromatic carbocycles. The van der Waals surface area contributed by atoms with E-state index in [1.54, 1.807) is 72.8 Å². The van der Waals surface area contributed by atoms with Crippen LogP contribution in [0.3, 0.4) is 0 Å². The first-order valence-corrected chi connectivity index (χ1v) is 9.65. The first-order chi connectivity index (χ1) is 14.5. The van der Waals surface area contributed by atoms with Crippen molar-refractivity contribution >= 4 is 34.7 Å². The number of aliphatic hydroxyl groups is 1. The number of Topliss-reactive ketones (excluding diaryl/α,β-unsaturated/α-hetero) is 1. The van der Waals surface area contributed by atoms with Gasteiger partial charge in [-0.1, -0.05) is 60.1 Å². The Hall–Kier alpha value is -3.57. The third-order valence-electron chi connectivity index (χ3n) is 5.01. The van der Waals surface area contributed by atoms with Crippen LogP contribution in [0.25, 0.3) is 5.76 Å². The molecule has 1 aliphatic rings. The van der Waals surface area contributed by atoms with Crippen molar-refractivity contribution in [1.29, 1.82) is 0 Å². The lowest BCUT2D eigenvalue weighted by Gasteiger charge is -2.25. The summed E-state index contributed by atoms with van der Waals surface area (Å²) in [5.74, 6) is -1.15. The Morgan fingerprint density at radius 2 is 1.67 bits per heavy atom. The molecule has 30 heavy (non-hydrogen) atoms. The van der Waals surface area contributed by atoms with Crippen LogP contribution in [-0.4, -0.2) is 23.9 Å². The molecule has 1 fully saturated rings. The van der Waals surface area contributed by atoms with Gasteiger partial charge in [0.05, 0.1) is 18.7 Å². The standard InChI is InChI=1S/C24H18ClNO4/c1-30-19-9-5-8-18(14-19)26-21(15-10-12-17(25)13-11-15)20(23(28)24(26)29)22(27)16-6-3-2-4-7-16/h2-14,21,27H,1H3/t21-/m1/s1.